The maximum absolute atomic E-state index is 14.6. The molecular formula is C36H37BrFN3O6S. The Morgan fingerprint density at radius 2 is 1.58 bits per heavy atom. The van der Waals surface area contributed by atoms with Crippen molar-refractivity contribution < 1.29 is 31.9 Å². The fourth-order valence-electron chi connectivity index (χ4n) is 5.29. The third kappa shape index (κ3) is 8.73. The molecular weight excluding hydrogens is 701 g/mol. The van der Waals surface area contributed by atoms with Gasteiger partial charge in [0.15, 0.2) is 11.5 Å². The Morgan fingerprint density at radius 1 is 0.896 bits per heavy atom. The average Bonchev–Trinajstić information content (AvgIpc) is 3.10. The van der Waals surface area contributed by atoms with E-state index in [0.717, 1.165) is 44.9 Å². The first-order valence-electron chi connectivity index (χ1n) is 15.7. The van der Waals surface area contributed by atoms with Crippen molar-refractivity contribution in [1.82, 2.24) is 10.2 Å². The number of halogens is 2. The number of carbonyl (C=O) groups is 2. The first-order chi connectivity index (χ1) is 23.2. The van der Waals surface area contributed by atoms with E-state index in [1.165, 1.54) is 35.2 Å². The molecule has 0 fully saturated rings. The van der Waals surface area contributed by atoms with E-state index in [1.54, 1.807) is 0 Å². The van der Waals surface area contributed by atoms with Crippen LogP contribution in [0.1, 0.15) is 30.9 Å². The molecule has 4 aromatic rings. The summed E-state index contributed by atoms with van der Waals surface area (Å²) in [6, 6.07) is 24.8. The number of ether oxygens (including phenoxy) is 2. The fraction of sp³-hybridized carbons (Fsp3) is 0.278. The number of sulfonamides is 1. The molecule has 48 heavy (non-hydrogen) atoms. The SMILES string of the molecule is CCCCNC(=O)[C@@H](Cc1ccccc1)N(Cc1ccc(Br)cc1)C(=O)CN(c1ccc(F)cc1)S(=O)(=O)c1ccc2c(c1)OCCO2. The molecule has 1 aliphatic rings. The van der Waals surface area contributed by atoms with Gasteiger partial charge in [-0.2, -0.15) is 0 Å². The molecule has 5 rings (SSSR count). The molecule has 0 aromatic heterocycles. The van der Waals surface area contributed by atoms with Crippen molar-refractivity contribution in [3.63, 3.8) is 0 Å². The van der Waals surface area contributed by atoms with Gasteiger partial charge >= 0.3 is 0 Å². The van der Waals surface area contributed by atoms with E-state index in [4.69, 9.17) is 9.47 Å². The fourth-order valence-corrected chi connectivity index (χ4v) is 6.99. The predicted octanol–water partition coefficient (Wildman–Crippen LogP) is 6.11. The van der Waals surface area contributed by atoms with Gasteiger partial charge in [-0.05, 0) is 66.1 Å². The molecule has 1 aliphatic heterocycles. The van der Waals surface area contributed by atoms with Crippen molar-refractivity contribution in [2.24, 2.45) is 0 Å². The molecule has 0 saturated heterocycles. The van der Waals surface area contributed by atoms with Gasteiger partial charge < -0.3 is 19.7 Å². The highest BCUT2D eigenvalue weighted by Gasteiger charge is 2.35. The van der Waals surface area contributed by atoms with Gasteiger partial charge in [0.2, 0.25) is 11.8 Å². The largest absolute Gasteiger partial charge is 0.486 e. The molecule has 1 N–H and O–H groups in total. The second-order valence-corrected chi connectivity index (χ2v) is 14.1. The zero-order valence-electron chi connectivity index (χ0n) is 26.5. The van der Waals surface area contributed by atoms with E-state index in [9.17, 15) is 22.4 Å². The number of hydrogen-bond acceptors (Lipinski definition) is 6. The van der Waals surface area contributed by atoms with Gasteiger partial charge in [-0.1, -0.05) is 71.7 Å². The molecule has 0 bridgehead atoms. The Kier molecular flexibility index (Phi) is 11.7. The van der Waals surface area contributed by atoms with Crippen molar-refractivity contribution in [1.29, 1.82) is 0 Å². The van der Waals surface area contributed by atoms with Crippen LogP contribution in [0.2, 0.25) is 0 Å². The minimum absolute atomic E-state index is 0.0339. The smallest absolute Gasteiger partial charge is 0.264 e. The lowest BCUT2D eigenvalue weighted by Gasteiger charge is -2.34. The average molecular weight is 739 g/mol. The van der Waals surface area contributed by atoms with Crippen LogP contribution < -0.4 is 19.1 Å². The summed E-state index contributed by atoms with van der Waals surface area (Å²) in [4.78, 5) is 29.7. The van der Waals surface area contributed by atoms with Crippen molar-refractivity contribution in [2.45, 2.75) is 43.7 Å². The number of benzene rings is 4. The van der Waals surface area contributed by atoms with Crippen molar-refractivity contribution >= 4 is 43.5 Å². The van der Waals surface area contributed by atoms with Gasteiger partial charge in [-0.3, -0.25) is 13.9 Å². The van der Waals surface area contributed by atoms with Crippen LogP contribution in [-0.2, 0) is 32.6 Å². The van der Waals surface area contributed by atoms with Gasteiger partial charge in [0.25, 0.3) is 10.0 Å². The number of anilines is 1. The lowest BCUT2D eigenvalue weighted by Crippen LogP contribution is -2.53. The quantitative estimate of drug-likeness (QED) is 0.157. The highest BCUT2D eigenvalue weighted by molar-refractivity contribution is 9.10. The van der Waals surface area contributed by atoms with E-state index in [2.05, 4.69) is 21.2 Å². The summed E-state index contributed by atoms with van der Waals surface area (Å²) in [6.07, 6.45) is 1.83. The van der Waals surface area contributed by atoms with E-state index in [1.807, 2.05) is 61.5 Å². The zero-order valence-corrected chi connectivity index (χ0v) is 28.9. The Labute approximate surface area is 288 Å². The normalized spacial score (nSPS) is 13.0. The van der Waals surface area contributed by atoms with Crippen molar-refractivity contribution in [3.8, 4) is 11.5 Å². The van der Waals surface area contributed by atoms with Crippen LogP contribution in [-0.4, -0.2) is 57.5 Å². The van der Waals surface area contributed by atoms with Crippen LogP contribution in [0, 0.1) is 5.82 Å². The molecule has 4 aromatic carbocycles. The number of rotatable bonds is 14. The number of carbonyl (C=O) groups excluding carboxylic acids is 2. The van der Waals surface area contributed by atoms with Crippen LogP contribution in [0.4, 0.5) is 10.1 Å². The highest BCUT2D eigenvalue weighted by atomic mass is 79.9. The van der Waals surface area contributed by atoms with E-state index < -0.39 is 34.3 Å². The second kappa shape index (κ2) is 16.1. The summed E-state index contributed by atoms with van der Waals surface area (Å²) in [7, 11) is -4.41. The van der Waals surface area contributed by atoms with E-state index in [0.29, 0.717) is 18.9 Å². The van der Waals surface area contributed by atoms with Crippen LogP contribution in [0.5, 0.6) is 11.5 Å². The molecule has 1 heterocycles. The molecule has 0 spiro atoms. The van der Waals surface area contributed by atoms with E-state index >= 15 is 0 Å². The summed E-state index contributed by atoms with van der Waals surface area (Å²) in [5, 5.41) is 2.97. The van der Waals surface area contributed by atoms with Gasteiger partial charge in [-0.15, -0.1) is 0 Å². The maximum atomic E-state index is 14.6. The third-order valence-corrected chi connectivity index (χ3v) is 10.2. The number of unbranched alkanes of at least 4 members (excludes halogenated alkanes) is 1. The van der Waals surface area contributed by atoms with Gasteiger partial charge in [0, 0.05) is 30.0 Å². The molecule has 12 heteroatoms. The minimum atomic E-state index is -4.41. The lowest BCUT2D eigenvalue weighted by atomic mass is 10.0. The van der Waals surface area contributed by atoms with Crippen molar-refractivity contribution in [2.75, 3.05) is 30.6 Å². The Hall–Kier alpha value is -4.42. The molecule has 2 amide bonds. The van der Waals surface area contributed by atoms with Crippen LogP contribution in [0.3, 0.4) is 0 Å². The number of hydrogen-bond donors (Lipinski definition) is 1. The highest BCUT2D eigenvalue weighted by Crippen LogP contribution is 2.34. The van der Waals surface area contributed by atoms with Gasteiger partial charge in [-0.25, -0.2) is 12.8 Å². The molecule has 0 unspecified atom stereocenters. The first-order valence-corrected chi connectivity index (χ1v) is 17.9. The molecule has 9 nitrogen and oxygen atoms in total. The summed E-state index contributed by atoms with van der Waals surface area (Å²) in [6.45, 7) is 2.41. The summed E-state index contributed by atoms with van der Waals surface area (Å²) >= 11 is 3.44. The third-order valence-electron chi connectivity index (χ3n) is 7.86. The first kappa shape index (κ1) is 34.9. The Balaban J connectivity index is 1.56. The predicted molar refractivity (Wildman–Crippen MR) is 185 cm³/mol. The van der Waals surface area contributed by atoms with E-state index in [-0.39, 0.29) is 41.8 Å². The summed E-state index contributed by atoms with van der Waals surface area (Å²) in [5.74, 6) is -0.861. The van der Waals surface area contributed by atoms with Crippen LogP contribution in [0.15, 0.2) is 106 Å². The monoisotopic (exact) mass is 737 g/mol. The molecule has 1 atom stereocenters. The lowest BCUT2D eigenvalue weighted by molar-refractivity contribution is -0.140. The maximum Gasteiger partial charge on any atom is 0.264 e. The molecule has 252 valence electrons. The molecule has 0 aliphatic carbocycles. The van der Waals surface area contributed by atoms with Crippen molar-refractivity contribution in [3.05, 3.63) is 118 Å². The minimum Gasteiger partial charge on any atom is -0.486 e. The Morgan fingerprint density at radius 3 is 2.27 bits per heavy atom. The molecule has 0 radical (unpaired) electrons. The Bertz CT molecular complexity index is 1810. The van der Waals surface area contributed by atoms with Crippen LogP contribution in [0.25, 0.3) is 0 Å². The number of nitrogens with zero attached hydrogens (tertiary/aromatic N) is 2. The summed E-state index contributed by atoms with van der Waals surface area (Å²) in [5.41, 5.74) is 1.66. The number of nitrogens with one attached hydrogen (secondary N) is 1. The number of fused-ring (bicyclic) bond motifs is 1. The summed E-state index contributed by atoms with van der Waals surface area (Å²) < 4.78 is 55.6. The zero-order chi connectivity index (χ0) is 34.1. The topological polar surface area (TPSA) is 105 Å². The van der Waals surface area contributed by atoms with Gasteiger partial charge in [0.05, 0.1) is 10.6 Å². The van der Waals surface area contributed by atoms with Gasteiger partial charge in [0.1, 0.15) is 31.6 Å². The second-order valence-electron chi connectivity index (χ2n) is 11.3. The number of amides is 2. The standard InChI is InChI=1S/C36H37BrFN3O6S/c1-2-3-19-39-36(43)32(22-26-7-5-4-6-8-26)40(24-27-9-11-28(37)12-10-27)35(42)25-41(30-15-13-29(38)14-16-30)48(44,45)31-17-18-33-34(23-31)47-21-20-46-33/h4-18,23,32H,2-3,19-22,24-25H2,1H3,(H,39,43)/t32-/m1/s1. The van der Waals surface area contributed by atoms with Crippen LogP contribution >= 0.6 is 15.9 Å². The molecule has 0 saturated carbocycles.